The Bertz CT molecular complexity index is 2790. The predicted molar refractivity (Wildman–Crippen MR) is 237 cm³/mol. The molecule has 63 heavy (non-hydrogen) atoms. The van der Waals surface area contributed by atoms with Crippen molar-refractivity contribution in [1.82, 2.24) is 21.3 Å². The number of aliphatic carboxylic acids is 1. The number of nitrogens with two attached hydrogens (primary N) is 1. The van der Waals surface area contributed by atoms with Crippen LogP contribution in [-0.2, 0) is 14.4 Å². The molecule has 11 N–H and O–H groups in total. The van der Waals surface area contributed by atoms with Gasteiger partial charge in [-0.3, -0.25) is 29.5 Å². The number of anilines is 2. The topological polar surface area (TPSA) is 299 Å². The molecule has 3 amide bonds. The number of aromatic hydroxyl groups is 1. The maximum absolute atomic E-state index is 12.9. The van der Waals surface area contributed by atoms with E-state index in [-0.39, 0.29) is 83.1 Å². The first-order chi connectivity index (χ1) is 30.2. The van der Waals surface area contributed by atoms with Crippen molar-refractivity contribution in [3.05, 3.63) is 112 Å². The lowest BCUT2D eigenvalue weighted by Gasteiger charge is -2.26. The van der Waals surface area contributed by atoms with E-state index in [1.54, 1.807) is 48.6 Å². The summed E-state index contributed by atoms with van der Waals surface area (Å²) in [6.07, 6.45) is 3.12. The first-order valence-electron chi connectivity index (χ1n) is 19.4. The van der Waals surface area contributed by atoms with E-state index in [4.69, 9.17) is 22.4 Å². The molecule has 3 aliphatic heterocycles. The van der Waals surface area contributed by atoms with Crippen molar-refractivity contribution >= 4 is 81.0 Å². The second-order valence-corrected chi connectivity index (χ2v) is 14.8. The summed E-state index contributed by atoms with van der Waals surface area (Å²) in [6, 6.07) is 17.0. The van der Waals surface area contributed by atoms with Gasteiger partial charge in [0.1, 0.15) is 29.2 Å². The normalized spacial score (nSPS) is 15.8. The number of nitrogens with zero attached hydrogens (tertiary/aromatic N) is 2. The lowest BCUT2D eigenvalue weighted by atomic mass is 9.90. The van der Waals surface area contributed by atoms with E-state index < -0.39 is 41.9 Å². The maximum atomic E-state index is 12.9. The molecular formula is C43H39N9O10S. The van der Waals surface area contributed by atoms with Crippen LogP contribution in [0.3, 0.4) is 0 Å². The van der Waals surface area contributed by atoms with Gasteiger partial charge in [0.05, 0.1) is 17.8 Å². The second kappa shape index (κ2) is 18.6. The molecule has 4 aliphatic rings. The molecule has 20 heteroatoms. The molecular weight excluding hydrogens is 835 g/mol. The van der Waals surface area contributed by atoms with Crippen molar-refractivity contribution in [2.45, 2.75) is 31.0 Å². The van der Waals surface area contributed by atoms with Gasteiger partial charge in [-0.15, -0.1) is 0 Å². The Kier molecular flexibility index (Phi) is 12.7. The number of phenolic OH excluding ortho intramolecular Hbond substituents is 1. The van der Waals surface area contributed by atoms with Crippen LogP contribution in [-0.4, -0.2) is 99.5 Å². The highest BCUT2D eigenvalue weighted by Gasteiger charge is 2.33. The van der Waals surface area contributed by atoms with E-state index in [1.807, 2.05) is 0 Å². The molecule has 0 saturated carbocycles. The fraction of sp³-hybridized carbons (Fsp3) is 0.186. The van der Waals surface area contributed by atoms with E-state index >= 15 is 0 Å². The van der Waals surface area contributed by atoms with Gasteiger partial charge in [-0.1, -0.05) is 12.1 Å². The lowest BCUT2D eigenvalue weighted by Crippen LogP contribution is -2.52. The van der Waals surface area contributed by atoms with Crippen molar-refractivity contribution in [1.29, 1.82) is 0 Å². The number of thiocarbonyl (C=S) groups is 1. The third-order valence-corrected chi connectivity index (χ3v) is 10.2. The van der Waals surface area contributed by atoms with Crippen LogP contribution in [0.1, 0.15) is 33.6 Å². The third-order valence-electron chi connectivity index (χ3n) is 9.99. The molecule has 0 bridgehead atoms. The Labute approximate surface area is 362 Å². The minimum Gasteiger partial charge on any atom is -0.508 e. The van der Waals surface area contributed by atoms with Gasteiger partial charge in [-0.25, -0.2) is 14.6 Å². The number of amides is 3. The fourth-order valence-electron chi connectivity index (χ4n) is 6.95. The predicted octanol–water partition coefficient (Wildman–Crippen LogP) is 2.64. The van der Waals surface area contributed by atoms with Crippen LogP contribution in [0, 0.1) is 0 Å². The molecule has 2 unspecified atom stereocenters. The van der Waals surface area contributed by atoms with Gasteiger partial charge in [0.25, 0.3) is 11.8 Å². The Morgan fingerprint density at radius 1 is 0.889 bits per heavy atom. The molecule has 322 valence electrons. The van der Waals surface area contributed by atoms with Gasteiger partial charge in [0.2, 0.25) is 5.91 Å². The zero-order chi connectivity index (χ0) is 44.8. The number of aliphatic imine (C=N–C) groups is 2. The lowest BCUT2D eigenvalue weighted by molar-refractivity contribution is -0.139. The van der Waals surface area contributed by atoms with Crippen molar-refractivity contribution in [2.24, 2.45) is 15.7 Å². The van der Waals surface area contributed by atoms with Gasteiger partial charge in [0, 0.05) is 65.1 Å². The summed E-state index contributed by atoms with van der Waals surface area (Å²) in [4.78, 5) is 82.9. The van der Waals surface area contributed by atoms with Gasteiger partial charge in [-0.2, -0.15) is 0 Å². The maximum Gasteiger partial charge on any atom is 0.336 e. The van der Waals surface area contributed by atoms with Crippen LogP contribution in [0.4, 0.5) is 11.4 Å². The number of dihydropyridines is 1. The van der Waals surface area contributed by atoms with Crippen molar-refractivity contribution < 1.29 is 43.7 Å². The molecule has 0 spiro atoms. The van der Waals surface area contributed by atoms with E-state index in [0.29, 0.717) is 39.2 Å². The largest absolute Gasteiger partial charge is 0.508 e. The summed E-state index contributed by atoms with van der Waals surface area (Å²) in [5.74, 6) is -3.79. The molecule has 7 rings (SSSR count). The summed E-state index contributed by atoms with van der Waals surface area (Å²) < 4.78 is 5.88. The SMILES string of the molecule is NC1=NC2C=CC(CNc3ccc(C(=O)N[C@@H](CCC(=O)NCCNC(=S)Nc4ccc(-c5c6ccc(=O)cc-6oc6cc(O)ccc56)c(C(=O)O)c4)C(=O)O)cc3)=NC2C(=O)N1. The number of hydrogen-bond acceptors (Lipinski definition) is 13. The number of nitrogens with one attached hydrogen (secondary N) is 6. The van der Waals surface area contributed by atoms with Crippen molar-refractivity contribution in [2.75, 3.05) is 30.3 Å². The molecule has 0 aromatic heterocycles. The van der Waals surface area contributed by atoms with Gasteiger partial charge >= 0.3 is 11.9 Å². The summed E-state index contributed by atoms with van der Waals surface area (Å²) in [5.41, 5.74) is 8.60. The highest BCUT2D eigenvalue weighted by Crippen LogP contribution is 2.42. The molecule has 0 saturated heterocycles. The number of fused-ring (bicyclic) bond motifs is 3. The Balaban J connectivity index is 0.865. The molecule has 1 aliphatic carbocycles. The van der Waals surface area contributed by atoms with Crippen LogP contribution in [0.25, 0.3) is 33.4 Å². The molecule has 0 radical (unpaired) electrons. The molecule has 3 atom stereocenters. The minimum atomic E-state index is -1.34. The highest BCUT2D eigenvalue weighted by atomic mass is 32.1. The number of carboxylic acids is 2. The van der Waals surface area contributed by atoms with E-state index in [2.05, 4.69) is 41.9 Å². The number of phenols is 1. The standard InChI is InChI=1S/C43H39N9O10S/c44-42-51-31-12-6-24(48-37(31)39(57)52-42)20-47-22-3-1-21(2-4-22)38(56)50-32(41(60)61)13-14-35(55)45-15-16-46-43(63)49-23-5-9-27(30(17-23)40(58)59)36-28-10-7-25(53)18-33(28)62-34-19-26(54)8-11-29(34)36/h1-12,17-19,31-32,37,47,53H,13-16,20H2,(H,45,55)(H,50,56)(H,58,59)(H,60,61)(H2,46,49,63)(H3,44,51,52,57)/t31?,32-,37?/m0/s1. The number of hydrogen-bond donors (Lipinski definition) is 10. The Morgan fingerprint density at radius 3 is 2.40 bits per heavy atom. The number of benzene rings is 4. The average molecular weight is 874 g/mol. The Morgan fingerprint density at radius 2 is 1.63 bits per heavy atom. The van der Waals surface area contributed by atoms with Gasteiger partial charge in [0.15, 0.2) is 22.5 Å². The van der Waals surface area contributed by atoms with Crippen LogP contribution >= 0.6 is 12.2 Å². The van der Waals surface area contributed by atoms with Crippen LogP contribution < -0.4 is 43.1 Å². The third kappa shape index (κ3) is 10.3. The van der Waals surface area contributed by atoms with Crippen LogP contribution in [0.5, 0.6) is 5.75 Å². The minimum absolute atomic E-state index is 0.0467. The summed E-state index contributed by atoms with van der Waals surface area (Å²) >= 11 is 5.38. The first kappa shape index (κ1) is 43.0. The summed E-state index contributed by atoms with van der Waals surface area (Å²) in [7, 11) is 0. The van der Waals surface area contributed by atoms with Gasteiger partial charge < -0.3 is 52.1 Å². The van der Waals surface area contributed by atoms with E-state index in [1.165, 1.54) is 42.5 Å². The molecule has 3 heterocycles. The average Bonchev–Trinajstić information content (AvgIpc) is 3.25. The molecule has 3 aromatic rings. The van der Waals surface area contributed by atoms with E-state index in [9.17, 15) is 44.1 Å². The second-order valence-electron chi connectivity index (χ2n) is 14.4. The monoisotopic (exact) mass is 873 g/mol. The van der Waals surface area contributed by atoms with E-state index in [0.717, 1.165) is 0 Å². The van der Waals surface area contributed by atoms with Crippen LogP contribution in [0.15, 0.2) is 110 Å². The molecule has 19 nitrogen and oxygen atoms in total. The number of carbonyl (C=O) groups excluding carboxylic acids is 3. The highest BCUT2D eigenvalue weighted by molar-refractivity contribution is 7.80. The number of rotatable bonds is 15. The number of guanidine groups is 1. The number of aromatic carboxylic acids is 1. The van der Waals surface area contributed by atoms with Crippen molar-refractivity contribution in [3.63, 3.8) is 0 Å². The number of carbonyl (C=O) groups is 5. The zero-order valence-electron chi connectivity index (χ0n) is 33.0. The molecule has 0 fully saturated rings. The smallest absolute Gasteiger partial charge is 0.336 e. The molecule has 3 aromatic carbocycles. The van der Waals surface area contributed by atoms with Gasteiger partial charge in [-0.05, 0) is 90.9 Å². The van der Waals surface area contributed by atoms with Crippen LogP contribution in [0.2, 0.25) is 0 Å². The summed E-state index contributed by atoms with van der Waals surface area (Å²) in [6.45, 7) is 0.559. The zero-order valence-corrected chi connectivity index (χ0v) is 33.8. The summed E-state index contributed by atoms with van der Waals surface area (Å²) in [5, 5.41) is 47.3. The first-order valence-corrected chi connectivity index (χ1v) is 19.8. The number of carboxylic acid groups (broad SMARTS) is 2. The fourth-order valence-corrected chi connectivity index (χ4v) is 7.17. The Hall–Kier alpha value is -8.13. The van der Waals surface area contributed by atoms with Crippen molar-refractivity contribution in [3.8, 4) is 28.2 Å². The quantitative estimate of drug-likeness (QED) is 0.0411.